The molecule has 0 radical (unpaired) electrons. The van der Waals surface area contributed by atoms with Gasteiger partial charge in [-0.25, -0.2) is 0 Å². The second kappa shape index (κ2) is 15.8. The Bertz CT molecular complexity index is 1560. The van der Waals surface area contributed by atoms with Crippen molar-refractivity contribution < 1.29 is 33.8 Å². The number of phenols is 1. The first-order valence-electron chi connectivity index (χ1n) is 16.3. The number of amides is 4. The Labute approximate surface area is 278 Å². The molecule has 14 heteroatoms. The molecule has 0 spiro atoms. The molecule has 3 aromatic rings. The summed E-state index contributed by atoms with van der Waals surface area (Å²) in [7, 11) is 0. The van der Waals surface area contributed by atoms with Gasteiger partial charge in [0.25, 0.3) is 0 Å². The Hall–Kier alpha value is -4.82. The fourth-order valence-electron chi connectivity index (χ4n) is 6.17. The molecule has 2 aliphatic heterocycles. The van der Waals surface area contributed by atoms with Crippen LogP contribution in [-0.4, -0.2) is 86.3 Å². The zero-order valence-electron chi connectivity index (χ0n) is 27.1. The average molecular weight is 662 g/mol. The quantitative estimate of drug-likeness (QED) is 0.211. The second-order valence-corrected chi connectivity index (χ2v) is 12.7. The highest BCUT2D eigenvalue weighted by Crippen LogP contribution is 2.32. The lowest BCUT2D eigenvalue weighted by Gasteiger charge is -2.31. The van der Waals surface area contributed by atoms with E-state index in [4.69, 9.17) is 4.42 Å². The molecule has 1 saturated heterocycles. The molecule has 6 N–H and O–H groups in total. The third kappa shape index (κ3) is 8.75. The van der Waals surface area contributed by atoms with Gasteiger partial charge in [-0.1, -0.05) is 56.3 Å². The Balaban J connectivity index is 1.49. The Morgan fingerprint density at radius 2 is 1.50 bits per heavy atom. The van der Waals surface area contributed by atoms with Crippen molar-refractivity contribution in [2.75, 3.05) is 13.2 Å². The van der Waals surface area contributed by atoms with Crippen molar-refractivity contribution in [1.29, 1.82) is 0 Å². The number of nitrogens with one attached hydrogen (secondary N) is 4. The summed E-state index contributed by atoms with van der Waals surface area (Å²) >= 11 is 0. The van der Waals surface area contributed by atoms with Crippen molar-refractivity contribution in [3.8, 4) is 5.75 Å². The maximum absolute atomic E-state index is 13.7. The van der Waals surface area contributed by atoms with Crippen molar-refractivity contribution >= 4 is 23.6 Å². The van der Waals surface area contributed by atoms with Crippen LogP contribution in [0.5, 0.6) is 5.75 Å². The number of rotatable bonds is 7. The SMILES string of the molecule is CC(C)C[C@@H]1NC(=O)[C@H](CO)NC(=O)[C@@H]2CCCN2C(Cc2ccccc2)c2nnc(o2)CNC(=O)[C@H](Cc2ccc(O)cc2)NC1=O. The van der Waals surface area contributed by atoms with Gasteiger partial charge in [-0.3, -0.25) is 24.1 Å². The van der Waals surface area contributed by atoms with Gasteiger partial charge in [0, 0.05) is 6.42 Å². The number of carbonyl (C=O) groups is 4. The molecule has 0 aliphatic carbocycles. The predicted molar refractivity (Wildman–Crippen MR) is 173 cm³/mol. The molecule has 1 aromatic heterocycles. The molecule has 14 nitrogen and oxygen atoms in total. The third-order valence-electron chi connectivity index (χ3n) is 8.62. The highest BCUT2D eigenvalue weighted by atomic mass is 16.4. The van der Waals surface area contributed by atoms with Crippen LogP contribution in [0.25, 0.3) is 0 Å². The zero-order chi connectivity index (χ0) is 34.2. The van der Waals surface area contributed by atoms with E-state index in [1.807, 2.05) is 49.1 Å². The molecule has 2 aliphatic rings. The van der Waals surface area contributed by atoms with Gasteiger partial charge in [-0.15, -0.1) is 10.2 Å². The van der Waals surface area contributed by atoms with Gasteiger partial charge in [-0.2, -0.15) is 0 Å². The van der Waals surface area contributed by atoms with E-state index < -0.39 is 60.4 Å². The Morgan fingerprint density at radius 3 is 2.21 bits per heavy atom. The van der Waals surface area contributed by atoms with Crippen molar-refractivity contribution in [3.05, 3.63) is 77.5 Å². The topological polar surface area (TPSA) is 199 Å². The Kier molecular flexibility index (Phi) is 11.4. The molecule has 256 valence electrons. The molecule has 48 heavy (non-hydrogen) atoms. The van der Waals surface area contributed by atoms with E-state index in [1.165, 1.54) is 12.1 Å². The number of aliphatic hydroxyl groups excluding tert-OH is 1. The molecule has 1 unspecified atom stereocenters. The van der Waals surface area contributed by atoms with Crippen LogP contribution in [0.4, 0.5) is 0 Å². The second-order valence-electron chi connectivity index (χ2n) is 12.7. The molecule has 5 atom stereocenters. The molecule has 0 saturated carbocycles. The molecule has 1 fully saturated rings. The number of benzene rings is 2. The fourth-order valence-corrected chi connectivity index (χ4v) is 6.17. The van der Waals surface area contributed by atoms with Gasteiger partial charge < -0.3 is 35.9 Å². The van der Waals surface area contributed by atoms with Crippen LogP contribution in [0.1, 0.15) is 62.1 Å². The number of nitrogens with zero attached hydrogens (tertiary/aromatic N) is 3. The summed E-state index contributed by atoms with van der Waals surface area (Å²) in [5, 5.41) is 39.4. The lowest BCUT2D eigenvalue weighted by atomic mass is 10.0. The maximum atomic E-state index is 13.7. The minimum Gasteiger partial charge on any atom is -0.508 e. The van der Waals surface area contributed by atoms with E-state index in [1.54, 1.807) is 12.1 Å². The highest BCUT2D eigenvalue weighted by Gasteiger charge is 2.40. The van der Waals surface area contributed by atoms with Crippen LogP contribution in [0.3, 0.4) is 0 Å². The van der Waals surface area contributed by atoms with Crippen LogP contribution in [0.2, 0.25) is 0 Å². The van der Waals surface area contributed by atoms with Crippen LogP contribution in [-0.2, 0) is 38.6 Å². The smallest absolute Gasteiger partial charge is 0.245 e. The van der Waals surface area contributed by atoms with E-state index in [-0.39, 0.29) is 42.8 Å². The minimum atomic E-state index is -1.32. The first kappa shape index (κ1) is 34.5. The number of aliphatic hydroxyl groups is 1. The first-order valence-corrected chi connectivity index (χ1v) is 16.3. The van der Waals surface area contributed by atoms with E-state index in [9.17, 15) is 29.4 Å². The van der Waals surface area contributed by atoms with Gasteiger partial charge in [-0.05, 0) is 61.4 Å². The number of hydrogen-bond donors (Lipinski definition) is 6. The largest absolute Gasteiger partial charge is 0.508 e. The summed E-state index contributed by atoms with van der Waals surface area (Å²) in [5.41, 5.74) is 1.66. The van der Waals surface area contributed by atoms with Gasteiger partial charge in [0.05, 0.1) is 25.2 Å². The van der Waals surface area contributed by atoms with Crippen LogP contribution in [0, 0.1) is 5.92 Å². The summed E-state index contributed by atoms with van der Waals surface area (Å²) in [6, 6.07) is 11.4. The number of fused-ring (bicyclic) bond motifs is 3. The summed E-state index contributed by atoms with van der Waals surface area (Å²) in [4.78, 5) is 56.4. The number of carbonyl (C=O) groups excluding carboxylic acids is 4. The molecule has 5 rings (SSSR count). The minimum absolute atomic E-state index is 0.0224. The van der Waals surface area contributed by atoms with Crippen LogP contribution >= 0.6 is 0 Å². The fraction of sp³-hybridized carbons (Fsp3) is 0.471. The molecule has 3 heterocycles. The zero-order valence-corrected chi connectivity index (χ0v) is 27.1. The van der Waals surface area contributed by atoms with Crippen molar-refractivity contribution in [2.45, 2.75) is 82.7 Å². The number of phenolic OH excluding ortho intramolecular Hbond substituents is 1. The molecular formula is C34H43N7O7. The molecular weight excluding hydrogens is 618 g/mol. The predicted octanol–water partition coefficient (Wildman–Crippen LogP) is 0.889. The highest BCUT2D eigenvalue weighted by molar-refractivity contribution is 5.95. The van der Waals surface area contributed by atoms with Gasteiger partial charge in [0.2, 0.25) is 35.4 Å². The summed E-state index contributed by atoms with van der Waals surface area (Å²) in [6.07, 6.45) is 1.99. The summed E-state index contributed by atoms with van der Waals surface area (Å²) < 4.78 is 6.08. The van der Waals surface area contributed by atoms with Crippen molar-refractivity contribution in [1.82, 2.24) is 36.4 Å². The summed E-state index contributed by atoms with van der Waals surface area (Å²) in [6.45, 7) is 3.52. The third-order valence-corrected chi connectivity index (χ3v) is 8.62. The van der Waals surface area contributed by atoms with E-state index >= 15 is 0 Å². The van der Waals surface area contributed by atoms with E-state index in [0.29, 0.717) is 31.4 Å². The molecule has 4 amide bonds. The monoisotopic (exact) mass is 661 g/mol. The van der Waals surface area contributed by atoms with Gasteiger partial charge in [0.15, 0.2) is 0 Å². The number of hydrogen-bond acceptors (Lipinski definition) is 10. The number of aromatic hydroxyl groups is 1. The summed E-state index contributed by atoms with van der Waals surface area (Å²) in [5.74, 6) is -1.83. The van der Waals surface area contributed by atoms with Crippen LogP contribution < -0.4 is 21.3 Å². The lowest BCUT2D eigenvalue weighted by molar-refractivity contribution is -0.135. The average Bonchev–Trinajstić information content (AvgIpc) is 3.75. The molecule has 2 bridgehead atoms. The number of aromatic nitrogens is 2. The lowest BCUT2D eigenvalue weighted by Crippen LogP contribution is -2.59. The van der Waals surface area contributed by atoms with E-state index in [0.717, 1.165) is 5.56 Å². The van der Waals surface area contributed by atoms with E-state index in [2.05, 4.69) is 31.5 Å². The molecule has 2 aromatic carbocycles. The standard InChI is InChI=1S/C34H43N7O7/c1-20(2)15-24-31(45)37-25(16-22-10-12-23(43)13-11-22)30(44)35-18-29-39-40-34(48-29)28(17-21-7-4-3-5-8-21)41-14-6-9-27(41)33(47)38-26(19-42)32(46)36-24/h3-5,7-8,10-13,20,24-28,42-43H,6,9,14-19H2,1-2H3,(H,35,44)(H,36,46)(H,37,45)(H,38,47)/t24-,25-,26-,27-,28?/m0/s1. The Morgan fingerprint density at radius 1 is 0.833 bits per heavy atom. The maximum Gasteiger partial charge on any atom is 0.245 e. The van der Waals surface area contributed by atoms with Crippen LogP contribution in [0.15, 0.2) is 59.0 Å². The van der Waals surface area contributed by atoms with Gasteiger partial charge in [0.1, 0.15) is 23.9 Å². The van der Waals surface area contributed by atoms with Gasteiger partial charge >= 0.3 is 0 Å². The normalized spacial score (nSPS) is 24.5. The first-order chi connectivity index (χ1) is 23.1. The van der Waals surface area contributed by atoms with Crippen molar-refractivity contribution in [2.24, 2.45) is 5.92 Å². The van der Waals surface area contributed by atoms with Crippen molar-refractivity contribution in [3.63, 3.8) is 0 Å².